The maximum Gasteiger partial charge on any atom is 0.411 e. The van der Waals surface area contributed by atoms with Crippen molar-refractivity contribution in [2.75, 3.05) is 13.2 Å². The average Bonchev–Trinajstić information content (AvgIpc) is 2.83. The van der Waals surface area contributed by atoms with Crippen LogP contribution in [0.2, 0.25) is 0 Å². The van der Waals surface area contributed by atoms with Crippen LogP contribution in [0.4, 0.5) is 13.2 Å². The molecule has 0 atom stereocenters. The summed E-state index contributed by atoms with van der Waals surface area (Å²) in [5.74, 6) is 0. The summed E-state index contributed by atoms with van der Waals surface area (Å²) >= 11 is 4.86. The SMILES string of the molecule is FC(F)(F)COCCc1nc(-c2ccccc2Br)cs1. The highest BCUT2D eigenvalue weighted by Crippen LogP contribution is 2.29. The van der Waals surface area contributed by atoms with Gasteiger partial charge < -0.3 is 4.74 Å². The van der Waals surface area contributed by atoms with Gasteiger partial charge in [0.15, 0.2) is 0 Å². The fourth-order valence-electron chi connectivity index (χ4n) is 1.57. The quantitative estimate of drug-likeness (QED) is 0.716. The Morgan fingerprint density at radius 1 is 1.25 bits per heavy atom. The molecule has 0 N–H and O–H groups in total. The van der Waals surface area contributed by atoms with E-state index in [9.17, 15) is 13.2 Å². The van der Waals surface area contributed by atoms with Gasteiger partial charge in [-0.15, -0.1) is 11.3 Å². The van der Waals surface area contributed by atoms with Crippen LogP contribution >= 0.6 is 27.3 Å². The molecule has 0 amide bonds. The molecule has 0 radical (unpaired) electrons. The summed E-state index contributed by atoms with van der Waals surface area (Å²) in [6, 6.07) is 7.67. The third kappa shape index (κ3) is 4.57. The van der Waals surface area contributed by atoms with Crippen molar-refractivity contribution in [1.82, 2.24) is 4.98 Å². The number of benzene rings is 1. The van der Waals surface area contributed by atoms with Crippen LogP contribution in [0.3, 0.4) is 0 Å². The van der Waals surface area contributed by atoms with Crippen LogP contribution in [0.1, 0.15) is 5.01 Å². The van der Waals surface area contributed by atoms with Crippen LogP contribution in [0.15, 0.2) is 34.1 Å². The van der Waals surface area contributed by atoms with Crippen molar-refractivity contribution in [3.63, 3.8) is 0 Å². The van der Waals surface area contributed by atoms with E-state index in [1.807, 2.05) is 29.6 Å². The van der Waals surface area contributed by atoms with Gasteiger partial charge in [0.1, 0.15) is 6.61 Å². The summed E-state index contributed by atoms with van der Waals surface area (Å²) < 4.78 is 41.2. The zero-order valence-corrected chi connectivity index (χ0v) is 12.7. The predicted molar refractivity (Wildman–Crippen MR) is 75.8 cm³/mol. The van der Waals surface area contributed by atoms with E-state index in [0.29, 0.717) is 6.42 Å². The first-order chi connectivity index (χ1) is 9.46. The van der Waals surface area contributed by atoms with Crippen LogP contribution in [0.5, 0.6) is 0 Å². The Bertz CT molecular complexity index is 571. The number of hydrogen-bond donors (Lipinski definition) is 0. The molecule has 108 valence electrons. The molecule has 0 aliphatic heterocycles. The lowest BCUT2D eigenvalue weighted by Crippen LogP contribution is -2.17. The Balaban J connectivity index is 1.92. The molecule has 1 aromatic carbocycles. The van der Waals surface area contributed by atoms with E-state index in [4.69, 9.17) is 0 Å². The van der Waals surface area contributed by atoms with Gasteiger partial charge in [0.05, 0.1) is 17.3 Å². The molecule has 0 saturated heterocycles. The van der Waals surface area contributed by atoms with Gasteiger partial charge in [-0.3, -0.25) is 0 Å². The lowest BCUT2D eigenvalue weighted by molar-refractivity contribution is -0.173. The number of aromatic nitrogens is 1. The first kappa shape index (κ1) is 15.5. The molecule has 1 aromatic heterocycles. The Labute approximate surface area is 126 Å². The second kappa shape index (κ2) is 6.69. The first-order valence-electron chi connectivity index (χ1n) is 5.79. The largest absolute Gasteiger partial charge is 0.411 e. The van der Waals surface area contributed by atoms with E-state index in [0.717, 1.165) is 20.7 Å². The third-order valence-electron chi connectivity index (χ3n) is 2.43. The molecule has 1 heterocycles. The van der Waals surface area contributed by atoms with E-state index in [1.54, 1.807) is 0 Å². The van der Waals surface area contributed by atoms with Crippen molar-refractivity contribution in [3.05, 3.63) is 39.1 Å². The molecule has 0 fully saturated rings. The summed E-state index contributed by atoms with van der Waals surface area (Å²) in [7, 11) is 0. The monoisotopic (exact) mass is 365 g/mol. The van der Waals surface area contributed by atoms with Crippen LogP contribution in [0.25, 0.3) is 11.3 Å². The number of halogens is 4. The summed E-state index contributed by atoms with van der Waals surface area (Å²) in [6.07, 6.45) is -3.89. The fraction of sp³-hybridized carbons (Fsp3) is 0.308. The van der Waals surface area contributed by atoms with Gasteiger partial charge in [-0.05, 0) is 6.07 Å². The van der Waals surface area contributed by atoms with Gasteiger partial charge >= 0.3 is 6.18 Å². The molecule has 0 saturated carbocycles. The van der Waals surface area contributed by atoms with Gasteiger partial charge in [0.2, 0.25) is 0 Å². The van der Waals surface area contributed by atoms with Crippen molar-refractivity contribution in [2.24, 2.45) is 0 Å². The summed E-state index contributed by atoms with van der Waals surface area (Å²) in [4.78, 5) is 4.40. The van der Waals surface area contributed by atoms with Gasteiger partial charge in [0, 0.05) is 21.8 Å². The highest BCUT2D eigenvalue weighted by Gasteiger charge is 2.27. The fourth-order valence-corrected chi connectivity index (χ4v) is 2.83. The average molecular weight is 366 g/mol. The summed E-state index contributed by atoms with van der Waals surface area (Å²) in [5.41, 5.74) is 1.78. The van der Waals surface area contributed by atoms with E-state index in [-0.39, 0.29) is 6.61 Å². The second-order valence-electron chi connectivity index (χ2n) is 4.02. The molecule has 0 aliphatic carbocycles. The van der Waals surface area contributed by atoms with Crippen LogP contribution in [-0.4, -0.2) is 24.4 Å². The zero-order chi connectivity index (χ0) is 14.6. The van der Waals surface area contributed by atoms with Crippen LogP contribution in [0, 0.1) is 0 Å². The maximum atomic E-state index is 11.9. The van der Waals surface area contributed by atoms with Crippen molar-refractivity contribution >= 4 is 27.3 Å². The summed E-state index contributed by atoms with van der Waals surface area (Å²) in [5, 5.41) is 2.65. The number of hydrogen-bond acceptors (Lipinski definition) is 3. The number of nitrogens with zero attached hydrogens (tertiary/aromatic N) is 1. The Morgan fingerprint density at radius 3 is 2.70 bits per heavy atom. The molecule has 2 rings (SSSR count). The third-order valence-corrected chi connectivity index (χ3v) is 4.03. The Kier molecular flexibility index (Phi) is 5.17. The normalized spacial score (nSPS) is 11.8. The van der Waals surface area contributed by atoms with Crippen molar-refractivity contribution in [1.29, 1.82) is 0 Å². The minimum atomic E-state index is -4.27. The van der Waals surface area contributed by atoms with Gasteiger partial charge in [-0.2, -0.15) is 13.2 Å². The Hall–Kier alpha value is -0.920. The van der Waals surface area contributed by atoms with Crippen LogP contribution in [-0.2, 0) is 11.2 Å². The minimum absolute atomic E-state index is 0.0163. The number of ether oxygens (including phenoxy) is 1. The smallest absolute Gasteiger partial charge is 0.372 e. The van der Waals surface area contributed by atoms with E-state index in [2.05, 4.69) is 25.7 Å². The standard InChI is InChI=1S/C13H11BrF3NOS/c14-10-4-2-1-3-9(10)11-7-20-12(18-11)5-6-19-8-13(15,16)17/h1-4,7H,5-6,8H2. The first-order valence-corrected chi connectivity index (χ1v) is 7.47. The molecular weight excluding hydrogens is 355 g/mol. The minimum Gasteiger partial charge on any atom is -0.372 e. The molecule has 7 heteroatoms. The van der Waals surface area contributed by atoms with Crippen LogP contribution < -0.4 is 0 Å². The molecular formula is C13H11BrF3NOS. The molecule has 0 bridgehead atoms. The molecule has 20 heavy (non-hydrogen) atoms. The topological polar surface area (TPSA) is 22.1 Å². The zero-order valence-electron chi connectivity index (χ0n) is 10.3. The lowest BCUT2D eigenvalue weighted by atomic mass is 10.2. The predicted octanol–water partition coefficient (Wildman–Crippen LogP) is 4.69. The lowest BCUT2D eigenvalue weighted by Gasteiger charge is -2.06. The van der Waals surface area contributed by atoms with E-state index >= 15 is 0 Å². The van der Waals surface area contributed by atoms with Gasteiger partial charge in [-0.1, -0.05) is 34.1 Å². The van der Waals surface area contributed by atoms with E-state index < -0.39 is 12.8 Å². The Morgan fingerprint density at radius 2 is 2.00 bits per heavy atom. The second-order valence-corrected chi connectivity index (χ2v) is 5.82. The number of alkyl halides is 3. The highest BCUT2D eigenvalue weighted by molar-refractivity contribution is 9.10. The van der Waals surface area contributed by atoms with Crippen molar-refractivity contribution in [3.8, 4) is 11.3 Å². The molecule has 0 aliphatic rings. The van der Waals surface area contributed by atoms with Crippen molar-refractivity contribution < 1.29 is 17.9 Å². The molecule has 2 aromatic rings. The molecule has 0 spiro atoms. The van der Waals surface area contributed by atoms with Gasteiger partial charge in [-0.25, -0.2) is 4.98 Å². The molecule has 0 unspecified atom stereocenters. The van der Waals surface area contributed by atoms with Gasteiger partial charge in [0.25, 0.3) is 0 Å². The number of rotatable bonds is 5. The number of thiazole rings is 1. The van der Waals surface area contributed by atoms with Crippen molar-refractivity contribution in [2.45, 2.75) is 12.6 Å². The summed E-state index contributed by atoms with van der Waals surface area (Å²) in [6.45, 7) is -1.20. The highest BCUT2D eigenvalue weighted by atomic mass is 79.9. The maximum absolute atomic E-state index is 11.9. The molecule has 2 nitrogen and oxygen atoms in total. The van der Waals surface area contributed by atoms with E-state index in [1.165, 1.54) is 11.3 Å².